The third kappa shape index (κ3) is 15.4. The highest BCUT2D eigenvalue weighted by Gasteiger charge is 2.24. The first kappa shape index (κ1) is 35.6. The number of ketones is 1. The van der Waals surface area contributed by atoms with Crippen molar-refractivity contribution in [2.75, 3.05) is 45.8 Å². The van der Waals surface area contributed by atoms with Gasteiger partial charge in [0.15, 0.2) is 0 Å². The van der Waals surface area contributed by atoms with Gasteiger partial charge in [0.05, 0.1) is 6.54 Å². The number of nitrogens with one attached hydrogen (secondary N) is 3. The molecule has 0 spiro atoms. The number of pyridine rings is 1. The van der Waals surface area contributed by atoms with Crippen molar-refractivity contribution in [3.63, 3.8) is 0 Å². The number of hydrogen-bond acceptors (Lipinski definition) is 6. The summed E-state index contributed by atoms with van der Waals surface area (Å²) in [7, 11) is 0. The van der Waals surface area contributed by atoms with E-state index >= 15 is 0 Å². The standard InChI is InChI=1S/C9H18N2.C8H11NO.C8H14O.C7H14N2O/c1-8(2)6-11-5-4-10-9(3)7-11;1-6(2)7-3-4-8(10)9-5-7;1-6(2)7-3-4-8(9)5-7;1-6(2)9-4-3-8-7(10)5-9/h8,10H,3-7H2,1-2H3;3-6H,1-2H3,(H,9,10);6-7H,3-5H2,1-2H3;6H,3-5H2,1-2H3,(H,8,10). The smallest absolute Gasteiger partial charge is 0.247 e. The Balaban J connectivity index is 0.000000267. The molecule has 3 heterocycles. The molecule has 2 aliphatic heterocycles. The van der Waals surface area contributed by atoms with E-state index in [0.29, 0.717) is 36.1 Å². The molecule has 3 aliphatic rings. The summed E-state index contributed by atoms with van der Waals surface area (Å²) >= 11 is 0. The van der Waals surface area contributed by atoms with Gasteiger partial charge >= 0.3 is 0 Å². The highest BCUT2D eigenvalue weighted by molar-refractivity contribution is 5.80. The van der Waals surface area contributed by atoms with Crippen molar-refractivity contribution < 1.29 is 9.59 Å². The minimum absolute atomic E-state index is 0.0376. The summed E-state index contributed by atoms with van der Waals surface area (Å²) in [6, 6.07) is 3.89. The molecule has 0 aromatic carbocycles. The minimum Gasteiger partial charge on any atom is -0.386 e. The van der Waals surface area contributed by atoms with Gasteiger partial charge in [-0.3, -0.25) is 24.2 Å². The van der Waals surface area contributed by atoms with E-state index in [2.05, 4.69) is 87.4 Å². The number of H-pyrrole nitrogens is 1. The summed E-state index contributed by atoms with van der Waals surface area (Å²) in [6.45, 7) is 28.0. The van der Waals surface area contributed by atoms with Gasteiger partial charge in [-0.15, -0.1) is 0 Å². The molecule has 40 heavy (non-hydrogen) atoms. The van der Waals surface area contributed by atoms with Gasteiger partial charge in [0.25, 0.3) is 0 Å². The van der Waals surface area contributed by atoms with Crippen molar-refractivity contribution in [2.45, 2.75) is 86.6 Å². The Bertz CT molecular complexity index is 934. The first-order valence-electron chi connectivity index (χ1n) is 15.1. The largest absolute Gasteiger partial charge is 0.386 e. The molecular formula is C32H57N5O3. The van der Waals surface area contributed by atoms with E-state index in [-0.39, 0.29) is 11.5 Å². The molecule has 0 radical (unpaired) electrons. The number of aromatic amines is 1. The Morgan fingerprint density at radius 2 is 1.60 bits per heavy atom. The number of nitrogens with zero attached hydrogens (tertiary/aromatic N) is 2. The number of aromatic nitrogens is 1. The fourth-order valence-electron chi connectivity index (χ4n) is 4.76. The Hall–Kier alpha value is -2.45. The summed E-state index contributed by atoms with van der Waals surface area (Å²) in [5.74, 6) is 3.26. The van der Waals surface area contributed by atoms with Crippen molar-refractivity contribution in [3.05, 3.63) is 46.5 Å². The second kappa shape index (κ2) is 18.8. The van der Waals surface area contributed by atoms with Crippen molar-refractivity contribution in [1.29, 1.82) is 0 Å². The van der Waals surface area contributed by atoms with Crippen LogP contribution in [0, 0.1) is 17.8 Å². The molecule has 8 nitrogen and oxygen atoms in total. The zero-order valence-corrected chi connectivity index (χ0v) is 26.5. The summed E-state index contributed by atoms with van der Waals surface area (Å²) in [5, 5.41) is 6.04. The van der Waals surface area contributed by atoms with Gasteiger partial charge < -0.3 is 15.6 Å². The normalized spacial score (nSPS) is 19.8. The first-order chi connectivity index (χ1) is 18.8. The van der Waals surface area contributed by atoms with Gasteiger partial charge in [0.1, 0.15) is 5.78 Å². The molecule has 8 heteroatoms. The fourth-order valence-corrected chi connectivity index (χ4v) is 4.76. The first-order valence-corrected chi connectivity index (χ1v) is 15.1. The molecule has 1 saturated carbocycles. The summed E-state index contributed by atoms with van der Waals surface area (Å²) in [5.41, 5.74) is 2.29. The third-order valence-electron chi connectivity index (χ3n) is 7.34. The maximum absolute atomic E-state index is 10.8. The average molecular weight is 560 g/mol. The van der Waals surface area contributed by atoms with Gasteiger partial charge in [0, 0.05) is 76.1 Å². The van der Waals surface area contributed by atoms with Crippen LogP contribution in [0.15, 0.2) is 35.4 Å². The van der Waals surface area contributed by atoms with Gasteiger partial charge in [-0.05, 0) is 49.5 Å². The van der Waals surface area contributed by atoms with Crippen LogP contribution in [0.4, 0.5) is 0 Å². The maximum Gasteiger partial charge on any atom is 0.247 e. The molecule has 1 aromatic heterocycles. The molecule has 3 fully saturated rings. The zero-order chi connectivity index (χ0) is 30.2. The van der Waals surface area contributed by atoms with E-state index in [1.807, 2.05) is 6.07 Å². The second-order valence-electron chi connectivity index (χ2n) is 12.5. The quantitative estimate of drug-likeness (QED) is 0.495. The molecule has 1 amide bonds. The predicted octanol–water partition coefficient (Wildman–Crippen LogP) is 4.40. The summed E-state index contributed by atoms with van der Waals surface area (Å²) in [6.07, 6.45) is 4.57. The van der Waals surface area contributed by atoms with Crippen LogP contribution in [0.25, 0.3) is 0 Å². The lowest BCUT2D eigenvalue weighted by molar-refractivity contribution is -0.124. The molecule has 3 N–H and O–H groups in total. The second-order valence-corrected chi connectivity index (χ2v) is 12.5. The number of carbonyl (C=O) groups excluding carboxylic acids is 2. The number of piperazine rings is 2. The summed E-state index contributed by atoms with van der Waals surface area (Å²) in [4.78, 5) is 39.4. The van der Waals surface area contributed by atoms with Crippen LogP contribution in [-0.4, -0.2) is 78.3 Å². The monoisotopic (exact) mass is 559 g/mol. The fraction of sp³-hybridized carbons (Fsp3) is 0.719. The van der Waals surface area contributed by atoms with Crippen LogP contribution in [0.3, 0.4) is 0 Å². The van der Waals surface area contributed by atoms with E-state index in [4.69, 9.17) is 0 Å². The predicted molar refractivity (Wildman–Crippen MR) is 166 cm³/mol. The minimum atomic E-state index is -0.0376. The van der Waals surface area contributed by atoms with E-state index in [1.165, 1.54) is 12.1 Å². The maximum atomic E-state index is 10.8. The van der Waals surface area contributed by atoms with Crippen molar-refractivity contribution in [2.24, 2.45) is 17.8 Å². The Kier molecular flexibility index (Phi) is 16.7. The molecular weight excluding hydrogens is 502 g/mol. The van der Waals surface area contributed by atoms with Gasteiger partial charge in [-0.2, -0.15) is 0 Å². The molecule has 4 rings (SSSR count). The van der Waals surface area contributed by atoms with Crippen LogP contribution >= 0.6 is 0 Å². The number of hydrogen-bond donors (Lipinski definition) is 3. The number of carbonyl (C=O) groups is 2. The molecule has 1 atom stereocenters. The Morgan fingerprint density at radius 1 is 0.925 bits per heavy atom. The van der Waals surface area contributed by atoms with Crippen LogP contribution in [-0.2, 0) is 9.59 Å². The molecule has 1 aromatic rings. The van der Waals surface area contributed by atoms with E-state index in [1.54, 1.807) is 12.3 Å². The topological polar surface area (TPSA) is 97.5 Å². The molecule has 1 aliphatic carbocycles. The number of Topliss-reactive ketones (excluding diaryl/α,β-unsaturated/α-hetero) is 1. The lowest BCUT2D eigenvalue weighted by Crippen LogP contribution is -2.50. The van der Waals surface area contributed by atoms with Gasteiger partial charge in [-0.25, -0.2) is 0 Å². The van der Waals surface area contributed by atoms with Crippen molar-refractivity contribution >= 4 is 11.7 Å². The highest BCUT2D eigenvalue weighted by Crippen LogP contribution is 2.28. The number of rotatable bonds is 5. The van der Waals surface area contributed by atoms with Crippen LogP contribution in [0.1, 0.15) is 86.1 Å². The SMILES string of the molecule is C=C1CN(CC(C)C)CCN1.CC(C)C1CCC(=O)C1.CC(C)N1CCNC(=O)C1.CC(C)c1ccc(=O)[nH]c1. The van der Waals surface area contributed by atoms with Crippen LogP contribution < -0.4 is 16.2 Å². The Labute approximate surface area is 243 Å². The molecule has 1 unspecified atom stereocenters. The van der Waals surface area contributed by atoms with Gasteiger partial charge in [0.2, 0.25) is 11.5 Å². The van der Waals surface area contributed by atoms with Crippen LogP contribution in [0.2, 0.25) is 0 Å². The van der Waals surface area contributed by atoms with E-state index in [0.717, 1.165) is 63.6 Å². The number of amides is 1. The summed E-state index contributed by atoms with van der Waals surface area (Å²) < 4.78 is 0. The zero-order valence-electron chi connectivity index (χ0n) is 26.5. The average Bonchev–Trinajstić information content (AvgIpc) is 3.32. The van der Waals surface area contributed by atoms with E-state index in [9.17, 15) is 14.4 Å². The lowest BCUT2D eigenvalue weighted by atomic mass is 9.95. The van der Waals surface area contributed by atoms with Crippen LogP contribution in [0.5, 0.6) is 0 Å². The molecule has 0 bridgehead atoms. The molecule has 228 valence electrons. The van der Waals surface area contributed by atoms with Gasteiger partial charge in [-0.1, -0.05) is 54.2 Å². The van der Waals surface area contributed by atoms with Crippen molar-refractivity contribution in [3.8, 4) is 0 Å². The van der Waals surface area contributed by atoms with Crippen molar-refractivity contribution in [1.82, 2.24) is 25.4 Å². The van der Waals surface area contributed by atoms with E-state index < -0.39 is 0 Å². The lowest BCUT2D eigenvalue weighted by Gasteiger charge is -2.30. The highest BCUT2D eigenvalue weighted by atomic mass is 16.2. The third-order valence-corrected chi connectivity index (χ3v) is 7.34. The molecule has 2 saturated heterocycles. The Morgan fingerprint density at radius 3 is 2.00 bits per heavy atom.